The Kier molecular flexibility index (Phi) is 4.63. The molecule has 0 radical (unpaired) electrons. The van der Waals surface area contributed by atoms with Crippen LogP contribution >= 0.6 is 11.3 Å². The molecule has 0 amide bonds. The monoisotopic (exact) mass is 565 g/mol. The summed E-state index contributed by atoms with van der Waals surface area (Å²) in [5, 5.41) is 10.2. The van der Waals surface area contributed by atoms with Gasteiger partial charge in [0.05, 0.1) is 11.0 Å². The molecule has 200 valence electrons. The quantitative estimate of drug-likeness (QED) is 0.204. The van der Waals surface area contributed by atoms with Crippen molar-refractivity contribution in [1.82, 2.24) is 4.57 Å². The molecular weight excluding hydrogens is 543 g/mol. The Labute approximate surface area is 250 Å². The lowest BCUT2D eigenvalue weighted by atomic mass is 9.99. The molecule has 3 aromatic heterocycles. The van der Waals surface area contributed by atoms with Gasteiger partial charge in [-0.05, 0) is 59.0 Å². The fourth-order valence-electron chi connectivity index (χ4n) is 7.10. The molecule has 0 aliphatic heterocycles. The smallest absolute Gasteiger partial charge is 0.136 e. The minimum atomic E-state index is 0.920. The van der Waals surface area contributed by atoms with E-state index in [2.05, 4.69) is 132 Å². The topological polar surface area (TPSA) is 18.1 Å². The van der Waals surface area contributed by atoms with Crippen molar-refractivity contribution >= 4 is 86.0 Å². The first kappa shape index (κ1) is 23.2. The summed E-state index contributed by atoms with van der Waals surface area (Å²) < 4.78 is 11.3. The Balaban J connectivity index is 1.23. The zero-order valence-corrected chi connectivity index (χ0v) is 23.9. The SMILES string of the molecule is c1ccc2c(c1)oc1cc(-c3ccc(-n4c5ccccc5c5c6sc7ccccc7c6c6ccccc6c54)cc3)ccc12. The van der Waals surface area contributed by atoms with Crippen LogP contribution in [0.1, 0.15) is 0 Å². The Morgan fingerprint density at radius 3 is 1.98 bits per heavy atom. The molecule has 0 saturated carbocycles. The lowest BCUT2D eigenvalue weighted by molar-refractivity contribution is 0.669. The van der Waals surface area contributed by atoms with Gasteiger partial charge < -0.3 is 8.98 Å². The third-order valence-electron chi connectivity index (χ3n) is 8.99. The molecular formula is C40H23NOS. The lowest BCUT2D eigenvalue weighted by Gasteiger charge is -2.12. The number of thiophene rings is 1. The molecule has 0 atom stereocenters. The number of furan rings is 1. The van der Waals surface area contributed by atoms with Crippen molar-refractivity contribution in [3.8, 4) is 16.8 Å². The molecule has 0 unspecified atom stereocenters. The first-order valence-electron chi connectivity index (χ1n) is 14.6. The van der Waals surface area contributed by atoms with Crippen molar-refractivity contribution in [2.75, 3.05) is 0 Å². The molecule has 0 aliphatic carbocycles. The Bertz CT molecular complexity index is 2720. The number of benzene rings is 7. The highest BCUT2D eigenvalue weighted by Gasteiger charge is 2.21. The first-order chi connectivity index (χ1) is 21.3. The average molecular weight is 566 g/mol. The second-order valence-electron chi connectivity index (χ2n) is 11.3. The zero-order valence-electron chi connectivity index (χ0n) is 23.0. The van der Waals surface area contributed by atoms with Gasteiger partial charge in [-0.2, -0.15) is 0 Å². The number of hydrogen-bond acceptors (Lipinski definition) is 2. The Morgan fingerprint density at radius 2 is 1.12 bits per heavy atom. The molecule has 10 rings (SSSR count). The van der Waals surface area contributed by atoms with Gasteiger partial charge in [0.2, 0.25) is 0 Å². The Morgan fingerprint density at radius 1 is 0.465 bits per heavy atom. The molecule has 3 heteroatoms. The van der Waals surface area contributed by atoms with Crippen LogP contribution in [0.3, 0.4) is 0 Å². The van der Waals surface area contributed by atoms with Crippen LogP contribution in [0, 0.1) is 0 Å². The molecule has 10 aromatic rings. The summed E-state index contributed by atoms with van der Waals surface area (Å²) in [7, 11) is 0. The van der Waals surface area contributed by atoms with Crippen LogP contribution in [0.5, 0.6) is 0 Å². The van der Waals surface area contributed by atoms with Gasteiger partial charge in [-0.3, -0.25) is 0 Å². The maximum atomic E-state index is 6.19. The van der Waals surface area contributed by atoms with E-state index in [0.29, 0.717) is 0 Å². The second-order valence-corrected chi connectivity index (χ2v) is 12.3. The van der Waals surface area contributed by atoms with E-state index in [-0.39, 0.29) is 0 Å². The van der Waals surface area contributed by atoms with Gasteiger partial charge in [-0.1, -0.05) is 97.1 Å². The predicted molar refractivity (Wildman–Crippen MR) is 184 cm³/mol. The van der Waals surface area contributed by atoms with Gasteiger partial charge in [0, 0.05) is 52.8 Å². The van der Waals surface area contributed by atoms with Crippen molar-refractivity contribution in [2.24, 2.45) is 0 Å². The number of fused-ring (bicyclic) bond motifs is 13. The van der Waals surface area contributed by atoms with E-state index < -0.39 is 0 Å². The fraction of sp³-hybridized carbons (Fsp3) is 0. The predicted octanol–water partition coefficient (Wildman–Crippen LogP) is 11.9. The summed E-state index contributed by atoms with van der Waals surface area (Å²) in [5.74, 6) is 0. The number of rotatable bonds is 2. The molecule has 0 aliphatic rings. The van der Waals surface area contributed by atoms with E-state index in [0.717, 1.165) is 33.2 Å². The largest absolute Gasteiger partial charge is 0.456 e. The normalized spacial score (nSPS) is 12.2. The van der Waals surface area contributed by atoms with Crippen molar-refractivity contribution < 1.29 is 4.42 Å². The molecule has 3 heterocycles. The molecule has 0 saturated heterocycles. The first-order valence-corrected chi connectivity index (χ1v) is 15.4. The van der Waals surface area contributed by atoms with Gasteiger partial charge in [0.25, 0.3) is 0 Å². The summed E-state index contributed by atoms with van der Waals surface area (Å²) >= 11 is 1.91. The Hall–Kier alpha value is -5.38. The summed E-state index contributed by atoms with van der Waals surface area (Å²) in [6.07, 6.45) is 0. The van der Waals surface area contributed by atoms with Crippen LogP contribution in [0.4, 0.5) is 0 Å². The highest BCUT2D eigenvalue weighted by molar-refractivity contribution is 7.27. The minimum Gasteiger partial charge on any atom is -0.456 e. The summed E-state index contributed by atoms with van der Waals surface area (Å²) in [5.41, 5.74) is 7.82. The van der Waals surface area contributed by atoms with Crippen molar-refractivity contribution in [1.29, 1.82) is 0 Å². The molecule has 0 spiro atoms. The van der Waals surface area contributed by atoms with Crippen LogP contribution in [-0.4, -0.2) is 4.57 Å². The maximum absolute atomic E-state index is 6.19. The molecule has 2 nitrogen and oxygen atoms in total. The molecule has 0 fully saturated rings. The third kappa shape index (κ3) is 3.17. The van der Waals surface area contributed by atoms with Gasteiger partial charge in [-0.15, -0.1) is 11.3 Å². The van der Waals surface area contributed by atoms with Gasteiger partial charge in [0.15, 0.2) is 0 Å². The van der Waals surface area contributed by atoms with E-state index in [1.165, 1.54) is 58.3 Å². The number of aromatic nitrogens is 1. The third-order valence-corrected chi connectivity index (χ3v) is 10.2. The van der Waals surface area contributed by atoms with E-state index >= 15 is 0 Å². The fourth-order valence-corrected chi connectivity index (χ4v) is 8.38. The lowest BCUT2D eigenvalue weighted by Crippen LogP contribution is -1.94. The number of nitrogens with zero attached hydrogens (tertiary/aromatic N) is 1. The van der Waals surface area contributed by atoms with Crippen LogP contribution in [-0.2, 0) is 0 Å². The van der Waals surface area contributed by atoms with E-state index in [9.17, 15) is 0 Å². The van der Waals surface area contributed by atoms with Crippen molar-refractivity contribution in [3.05, 3.63) is 140 Å². The highest BCUT2D eigenvalue weighted by Crippen LogP contribution is 2.48. The average Bonchev–Trinajstić information content (AvgIpc) is 3.74. The number of hydrogen-bond donors (Lipinski definition) is 0. The van der Waals surface area contributed by atoms with Crippen LogP contribution < -0.4 is 0 Å². The highest BCUT2D eigenvalue weighted by atomic mass is 32.1. The summed E-state index contributed by atoms with van der Waals surface area (Å²) in [6.45, 7) is 0. The molecule has 7 aromatic carbocycles. The van der Waals surface area contributed by atoms with Crippen LogP contribution in [0.2, 0.25) is 0 Å². The van der Waals surface area contributed by atoms with Gasteiger partial charge in [-0.25, -0.2) is 0 Å². The summed E-state index contributed by atoms with van der Waals surface area (Å²) in [4.78, 5) is 0. The van der Waals surface area contributed by atoms with E-state index in [1.54, 1.807) is 0 Å². The maximum Gasteiger partial charge on any atom is 0.136 e. The minimum absolute atomic E-state index is 0.920. The van der Waals surface area contributed by atoms with E-state index in [1.807, 2.05) is 23.5 Å². The van der Waals surface area contributed by atoms with Gasteiger partial charge in [0.1, 0.15) is 11.2 Å². The number of para-hydroxylation sites is 2. The van der Waals surface area contributed by atoms with Crippen molar-refractivity contribution in [3.63, 3.8) is 0 Å². The molecule has 43 heavy (non-hydrogen) atoms. The van der Waals surface area contributed by atoms with E-state index in [4.69, 9.17) is 4.42 Å². The summed E-state index contributed by atoms with van der Waals surface area (Å²) in [6, 6.07) is 50.4. The zero-order chi connectivity index (χ0) is 28.1. The van der Waals surface area contributed by atoms with Crippen LogP contribution in [0.15, 0.2) is 144 Å². The van der Waals surface area contributed by atoms with Gasteiger partial charge >= 0.3 is 0 Å². The standard InChI is InChI=1S/C40H23NOS/c1-2-11-30-29(10-1)37-32-13-5-8-16-36(32)43-40(37)38-31-12-3-6-14-33(31)41(39(30)38)26-20-17-24(18-21-26)25-19-22-28-27-9-4-7-15-34(27)42-35(28)23-25/h1-23H. The molecule has 0 N–H and O–H groups in total. The second kappa shape index (κ2) is 8.57. The van der Waals surface area contributed by atoms with Crippen LogP contribution in [0.25, 0.3) is 91.5 Å². The van der Waals surface area contributed by atoms with Crippen molar-refractivity contribution in [2.45, 2.75) is 0 Å². The molecule has 0 bridgehead atoms.